The summed E-state index contributed by atoms with van der Waals surface area (Å²) in [7, 11) is -3.42. The third-order valence-electron chi connectivity index (χ3n) is 5.74. The second-order valence-electron chi connectivity index (χ2n) is 8.50. The summed E-state index contributed by atoms with van der Waals surface area (Å²) in [5.74, 6) is -0.254. The van der Waals surface area contributed by atoms with Crippen molar-refractivity contribution in [2.24, 2.45) is 0 Å². The van der Waals surface area contributed by atoms with Crippen LogP contribution >= 0.6 is 0 Å². The highest BCUT2D eigenvalue weighted by Crippen LogP contribution is 2.31. The molecule has 0 radical (unpaired) electrons. The fourth-order valence-corrected chi connectivity index (χ4v) is 5.97. The van der Waals surface area contributed by atoms with Gasteiger partial charge in [-0.05, 0) is 63.3 Å². The molecule has 0 aliphatic heterocycles. The Bertz CT molecular complexity index is 1190. The number of carbonyl (C=O) groups is 1. The van der Waals surface area contributed by atoms with E-state index in [1.54, 1.807) is 36.5 Å². The number of hydrogen-bond acceptors (Lipinski definition) is 6. The molecular weight excluding hydrogens is 428 g/mol. The molecular formula is C23H28N4O4S. The molecule has 2 atom stereocenters. The normalized spacial score (nSPS) is 19.3. The Labute approximate surface area is 187 Å². The number of benzene rings is 1. The molecule has 2 N–H and O–H groups in total. The Kier molecular flexibility index (Phi) is 6.57. The molecule has 0 bridgehead atoms. The highest BCUT2D eigenvalue weighted by molar-refractivity contribution is 7.92. The molecule has 2 aromatic heterocycles. The monoisotopic (exact) mass is 456 g/mol. The van der Waals surface area contributed by atoms with Crippen LogP contribution in [0.4, 0.5) is 0 Å². The van der Waals surface area contributed by atoms with Gasteiger partial charge in [-0.1, -0.05) is 12.1 Å². The minimum atomic E-state index is -3.42. The van der Waals surface area contributed by atoms with E-state index < -0.39 is 15.1 Å². The highest BCUT2D eigenvalue weighted by atomic mass is 32.2. The summed E-state index contributed by atoms with van der Waals surface area (Å²) in [6.45, 7) is 4.24. The van der Waals surface area contributed by atoms with Crippen LogP contribution in [0.5, 0.6) is 0 Å². The summed E-state index contributed by atoms with van der Waals surface area (Å²) in [6, 6.07) is 8.47. The molecule has 1 aliphatic rings. The van der Waals surface area contributed by atoms with Crippen LogP contribution in [-0.4, -0.2) is 47.0 Å². The first-order chi connectivity index (χ1) is 15.3. The maximum absolute atomic E-state index is 13.1. The summed E-state index contributed by atoms with van der Waals surface area (Å²) in [4.78, 5) is 16.9. The SMILES string of the molecule is CC(C)OC1CCCC(S(=O)(=O)c2ccc(CNC(=O)c3cnc4[nH]ncc4c3)cc2)C1. The zero-order valence-electron chi connectivity index (χ0n) is 18.2. The molecule has 2 unspecified atom stereocenters. The standard InChI is InChI=1S/C23H28N4O4S/c1-15(2)31-19-4-3-5-21(11-19)32(29,30)20-8-6-16(7-9-20)12-25-23(28)18-10-17-14-26-27-22(17)24-13-18/h6-10,13-15,19,21H,3-5,11-12H2,1-2H3,(H,25,28)(H,24,26,27). The lowest BCUT2D eigenvalue weighted by Gasteiger charge is -2.30. The maximum atomic E-state index is 13.1. The van der Waals surface area contributed by atoms with Gasteiger partial charge < -0.3 is 10.1 Å². The molecule has 3 aromatic rings. The van der Waals surface area contributed by atoms with Crippen LogP contribution in [0.15, 0.2) is 47.6 Å². The van der Waals surface area contributed by atoms with Crippen LogP contribution in [-0.2, 0) is 21.1 Å². The molecule has 170 valence electrons. The molecule has 1 fully saturated rings. The van der Waals surface area contributed by atoms with Crippen LogP contribution in [0, 0.1) is 0 Å². The summed E-state index contributed by atoms with van der Waals surface area (Å²) in [5.41, 5.74) is 1.88. The molecule has 2 heterocycles. The average molecular weight is 457 g/mol. The van der Waals surface area contributed by atoms with Crippen molar-refractivity contribution in [2.45, 2.75) is 68.4 Å². The zero-order valence-corrected chi connectivity index (χ0v) is 19.1. The van der Waals surface area contributed by atoms with Crippen molar-refractivity contribution in [2.75, 3.05) is 0 Å². The van der Waals surface area contributed by atoms with Crippen molar-refractivity contribution in [1.29, 1.82) is 0 Å². The number of sulfone groups is 1. The first kappa shape index (κ1) is 22.4. The van der Waals surface area contributed by atoms with E-state index in [0.29, 0.717) is 28.9 Å². The van der Waals surface area contributed by atoms with Crippen molar-refractivity contribution >= 4 is 26.8 Å². The average Bonchev–Trinajstić information content (AvgIpc) is 3.25. The van der Waals surface area contributed by atoms with Crippen LogP contribution in [0.1, 0.15) is 55.5 Å². The quantitative estimate of drug-likeness (QED) is 0.563. The lowest BCUT2D eigenvalue weighted by molar-refractivity contribution is -0.0110. The summed E-state index contributed by atoms with van der Waals surface area (Å²) in [6.07, 6.45) is 6.15. The minimum Gasteiger partial charge on any atom is -0.376 e. The molecule has 1 amide bonds. The number of hydrogen-bond donors (Lipinski definition) is 2. The Morgan fingerprint density at radius 1 is 1.22 bits per heavy atom. The van der Waals surface area contributed by atoms with Crippen LogP contribution in [0.25, 0.3) is 11.0 Å². The smallest absolute Gasteiger partial charge is 0.253 e. The van der Waals surface area contributed by atoms with E-state index >= 15 is 0 Å². The largest absolute Gasteiger partial charge is 0.376 e. The first-order valence-corrected chi connectivity index (χ1v) is 12.4. The molecule has 32 heavy (non-hydrogen) atoms. The van der Waals surface area contributed by atoms with Crippen LogP contribution < -0.4 is 5.32 Å². The van der Waals surface area contributed by atoms with E-state index in [1.807, 2.05) is 13.8 Å². The third-order valence-corrected chi connectivity index (χ3v) is 7.97. The maximum Gasteiger partial charge on any atom is 0.253 e. The van der Waals surface area contributed by atoms with Crippen molar-refractivity contribution < 1.29 is 17.9 Å². The van der Waals surface area contributed by atoms with Crippen molar-refractivity contribution in [3.8, 4) is 0 Å². The number of H-pyrrole nitrogens is 1. The number of ether oxygens (including phenoxy) is 1. The summed E-state index contributed by atoms with van der Waals surface area (Å²) in [5, 5.41) is 9.83. The van der Waals surface area contributed by atoms with Gasteiger partial charge in [-0.15, -0.1) is 0 Å². The molecule has 8 nitrogen and oxygen atoms in total. The van der Waals surface area contributed by atoms with Crippen molar-refractivity contribution in [3.05, 3.63) is 53.9 Å². The lowest BCUT2D eigenvalue weighted by Crippen LogP contribution is -2.33. The number of nitrogens with one attached hydrogen (secondary N) is 2. The van der Waals surface area contributed by atoms with Gasteiger partial charge in [-0.25, -0.2) is 13.4 Å². The van der Waals surface area contributed by atoms with Gasteiger partial charge >= 0.3 is 0 Å². The fraction of sp³-hybridized carbons (Fsp3) is 0.435. The number of rotatable bonds is 7. The number of pyridine rings is 1. The van der Waals surface area contributed by atoms with Gasteiger partial charge in [0, 0.05) is 18.1 Å². The van der Waals surface area contributed by atoms with Crippen molar-refractivity contribution in [1.82, 2.24) is 20.5 Å². The predicted molar refractivity (Wildman–Crippen MR) is 121 cm³/mol. The third kappa shape index (κ3) is 4.99. The Morgan fingerprint density at radius 3 is 2.75 bits per heavy atom. The van der Waals surface area contributed by atoms with E-state index in [4.69, 9.17) is 4.74 Å². The minimum absolute atomic E-state index is 0.00577. The number of carbonyl (C=O) groups excluding carboxylic acids is 1. The number of fused-ring (bicyclic) bond motifs is 1. The van der Waals surface area contributed by atoms with Crippen LogP contribution in [0.2, 0.25) is 0 Å². The number of aromatic nitrogens is 3. The van der Waals surface area contributed by atoms with Gasteiger partial charge in [0.2, 0.25) is 0 Å². The van der Waals surface area contributed by atoms with Gasteiger partial charge in [0.05, 0.1) is 34.1 Å². The number of amides is 1. The molecule has 0 saturated heterocycles. The van der Waals surface area contributed by atoms with E-state index in [9.17, 15) is 13.2 Å². The Hall–Kier alpha value is -2.78. The molecule has 1 aromatic carbocycles. The predicted octanol–water partition coefficient (Wildman–Crippen LogP) is 3.40. The number of aromatic amines is 1. The Balaban J connectivity index is 1.38. The fourth-order valence-electron chi connectivity index (χ4n) is 4.13. The number of nitrogens with zero attached hydrogens (tertiary/aromatic N) is 2. The summed E-state index contributed by atoms with van der Waals surface area (Å²) < 4.78 is 32.1. The zero-order chi connectivity index (χ0) is 22.7. The molecule has 1 saturated carbocycles. The first-order valence-electron chi connectivity index (χ1n) is 10.9. The second kappa shape index (κ2) is 9.38. The lowest BCUT2D eigenvalue weighted by atomic mass is 9.97. The van der Waals surface area contributed by atoms with Gasteiger partial charge in [-0.3, -0.25) is 9.89 Å². The topological polar surface area (TPSA) is 114 Å². The van der Waals surface area contributed by atoms with Crippen LogP contribution in [0.3, 0.4) is 0 Å². The van der Waals surface area contributed by atoms with Gasteiger partial charge in [-0.2, -0.15) is 5.10 Å². The molecule has 0 spiro atoms. The van der Waals surface area contributed by atoms with E-state index in [-0.39, 0.29) is 24.7 Å². The van der Waals surface area contributed by atoms with E-state index in [2.05, 4.69) is 20.5 Å². The van der Waals surface area contributed by atoms with E-state index in [1.165, 1.54) is 6.20 Å². The molecule has 4 rings (SSSR count). The second-order valence-corrected chi connectivity index (χ2v) is 10.7. The van der Waals surface area contributed by atoms with Crippen molar-refractivity contribution in [3.63, 3.8) is 0 Å². The van der Waals surface area contributed by atoms with Gasteiger partial charge in [0.15, 0.2) is 15.5 Å². The summed E-state index contributed by atoms with van der Waals surface area (Å²) >= 11 is 0. The van der Waals surface area contributed by atoms with Gasteiger partial charge in [0.1, 0.15) is 0 Å². The highest BCUT2D eigenvalue weighted by Gasteiger charge is 2.33. The molecule has 1 aliphatic carbocycles. The Morgan fingerprint density at radius 2 is 2.00 bits per heavy atom. The van der Waals surface area contributed by atoms with Gasteiger partial charge in [0.25, 0.3) is 5.91 Å². The molecule has 9 heteroatoms. The van der Waals surface area contributed by atoms with E-state index in [0.717, 1.165) is 23.8 Å².